The summed E-state index contributed by atoms with van der Waals surface area (Å²) < 4.78 is 6.19. The lowest BCUT2D eigenvalue weighted by Crippen LogP contribution is -3.15. The molecule has 2 aromatic heterocycles. The van der Waals surface area contributed by atoms with Gasteiger partial charge in [-0.25, -0.2) is 9.97 Å². The average molecular weight is 375 g/mol. The molecule has 6 heteroatoms. The minimum absolute atomic E-state index is 0.231. The van der Waals surface area contributed by atoms with Crippen molar-refractivity contribution in [1.82, 2.24) is 9.97 Å². The van der Waals surface area contributed by atoms with Crippen LogP contribution in [-0.4, -0.2) is 54.4 Å². The van der Waals surface area contributed by atoms with Gasteiger partial charge in [0.2, 0.25) is 0 Å². The molecule has 5 rings (SSSR count). The van der Waals surface area contributed by atoms with Gasteiger partial charge >= 0.3 is 0 Å². The fourth-order valence-corrected chi connectivity index (χ4v) is 3.95. The normalized spacial score (nSPS) is 15.5. The summed E-state index contributed by atoms with van der Waals surface area (Å²) in [6, 6.07) is 18.1. The lowest BCUT2D eigenvalue weighted by Gasteiger charge is -2.32. The largest absolute Gasteiger partial charge is 0.450 e. The Balaban J connectivity index is 1.64. The van der Waals surface area contributed by atoms with E-state index in [9.17, 15) is 5.11 Å². The maximum Gasteiger partial charge on any atom is 0.196 e. The third-order valence-corrected chi connectivity index (χ3v) is 5.47. The van der Waals surface area contributed by atoms with Gasteiger partial charge in [-0.3, -0.25) is 0 Å². The number of benzene rings is 2. The van der Waals surface area contributed by atoms with E-state index in [0.717, 1.165) is 72.0 Å². The van der Waals surface area contributed by atoms with Crippen LogP contribution >= 0.6 is 0 Å². The Bertz CT molecular complexity index is 1100. The fraction of sp³-hybridized carbons (Fsp3) is 0.273. The number of nitrogens with zero attached hydrogens (tertiary/aromatic N) is 3. The molecule has 3 heterocycles. The van der Waals surface area contributed by atoms with Crippen LogP contribution in [0.4, 0.5) is 5.82 Å². The Morgan fingerprint density at radius 1 is 0.964 bits per heavy atom. The number of rotatable bonds is 4. The van der Waals surface area contributed by atoms with Crippen molar-refractivity contribution in [3.63, 3.8) is 0 Å². The first-order valence-electron chi connectivity index (χ1n) is 9.77. The number of aliphatic hydroxyl groups is 1. The second-order valence-electron chi connectivity index (χ2n) is 7.22. The van der Waals surface area contributed by atoms with Crippen LogP contribution in [0.3, 0.4) is 0 Å². The van der Waals surface area contributed by atoms with Crippen LogP contribution in [0.15, 0.2) is 59.0 Å². The second-order valence-corrected chi connectivity index (χ2v) is 7.22. The van der Waals surface area contributed by atoms with Gasteiger partial charge < -0.3 is 19.3 Å². The van der Waals surface area contributed by atoms with Crippen molar-refractivity contribution in [2.75, 3.05) is 44.2 Å². The molecule has 1 fully saturated rings. The van der Waals surface area contributed by atoms with E-state index >= 15 is 0 Å². The van der Waals surface area contributed by atoms with Gasteiger partial charge in [-0.2, -0.15) is 0 Å². The number of aliphatic hydroxyl groups excluding tert-OH is 1. The first-order valence-corrected chi connectivity index (χ1v) is 9.77. The fourth-order valence-electron chi connectivity index (χ4n) is 3.95. The van der Waals surface area contributed by atoms with E-state index in [-0.39, 0.29) is 6.61 Å². The van der Waals surface area contributed by atoms with Crippen molar-refractivity contribution in [2.24, 2.45) is 0 Å². The first-order chi connectivity index (χ1) is 13.8. The van der Waals surface area contributed by atoms with Crippen molar-refractivity contribution in [1.29, 1.82) is 0 Å². The van der Waals surface area contributed by atoms with Crippen LogP contribution in [0.1, 0.15) is 0 Å². The average Bonchev–Trinajstić information content (AvgIpc) is 3.13. The van der Waals surface area contributed by atoms with Gasteiger partial charge in [0, 0.05) is 10.9 Å². The molecular formula is C22H23N4O2+. The Labute approximate surface area is 163 Å². The molecule has 6 nitrogen and oxygen atoms in total. The van der Waals surface area contributed by atoms with Crippen LogP contribution in [0.2, 0.25) is 0 Å². The van der Waals surface area contributed by atoms with E-state index in [1.807, 2.05) is 48.5 Å². The number of nitrogens with one attached hydrogen (secondary N) is 1. The van der Waals surface area contributed by atoms with E-state index in [1.54, 1.807) is 0 Å². The smallest absolute Gasteiger partial charge is 0.196 e. The van der Waals surface area contributed by atoms with Gasteiger partial charge in [0.25, 0.3) is 0 Å². The Morgan fingerprint density at radius 2 is 1.71 bits per heavy atom. The van der Waals surface area contributed by atoms with Crippen LogP contribution in [-0.2, 0) is 0 Å². The number of piperazine rings is 1. The number of fused-ring (bicyclic) bond motifs is 3. The van der Waals surface area contributed by atoms with Crippen molar-refractivity contribution < 1.29 is 14.4 Å². The molecular weight excluding hydrogens is 352 g/mol. The monoisotopic (exact) mass is 375 g/mol. The van der Waals surface area contributed by atoms with E-state index in [2.05, 4.69) is 11.0 Å². The van der Waals surface area contributed by atoms with E-state index in [1.165, 1.54) is 4.90 Å². The minimum atomic E-state index is 0.231. The molecule has 28 heavy (non-hydrogen) atoms. The first kappa shape index (κ1) is 17.2. The van der Waals surface area contributed by atoms with Gasteiger partial charge in [-0.05, 0) is 12.1 Å². The van der Waals surface area contributed by atoms with Crippen LogP contribution in [0.25, 0.3) is 33.5 Å². The summed E-state index contributed by atoms with van der Waals surface area (Å²) in [7, 11) is 0. The number of aromatic nitrogens is 2. The standard InChI is InChI=1S/C22H22N4O2/c27-15-14-25-10-12-26(13-11-25)22-20-19(17-8-4-5-9-18(17)28-20)23-21(24-22)16-6-2-1-3-7-16/h1-9,27H,10-15H2/p+1. The van der Waals surface area contributed by atoms with Crippen molar-refractivity contribution in [3.05, 3.63) is 54.6 Å². The van der Waals surface area contributed by atoms with Crippen molar-refractivity contribution in [2.45, 2.75) is 0 Å². The number of hydrogen-bond acceptors (Lipinski definition) is 5. The molecule has 142 valence electrons. The highest BCUT2D eigenvalue weighted by molar-refractivity contribution is 6.06. The summed E-state index contributed by atoms with van der Waals surface area (Å²) in [6.45, 7) is 4.75. The lowest BCUT2D eigenvalue weighted by atomic mass is 10.2. The highest BCUT2D eigenvalue weighted by Crippen LogP contribution is 2.34. The van der Waals surface area contributed by atoms with E-state index in [4.69, 9.17) is 14.4 Å². The predicted molar refractivity (Wildman–Crippen MR) is 110 cm³/mol. The Hall–Kier alpha value is -2.96. The van der Waals surface area contributed by atoms with E-state index < -0.39 is 0 Å². The zero-order valence-electron chi connectivity index (χ0n) is 15.6. The predicted octanol–water partition coefficient (Wildman–Crippen LogP) is 1.74. The molecule has 0 spiro atoms. The molecule has 4 aromatic rings. The van der Waals surface area contributed by atoms with Gasteiger partial charge in [-0.15, -0.1) is 0 Å². The van der Waals surface area contributed by atoms with Crippen LogP contribution in [0, 0.1) is 0 Å². The number of quaternary nitrogens is 1. The van der Waals surface area contributed by atoms with Gasteiger partial charge in [0.15, 0.2) is 17.2 Å². The molecule has 1 aliphatic heterocycles. The zero-order valence-corrected chi connectivity index (χ0v) is 15.6. The summed E-state index contributed by atoms with van der Waals surface area (Å²) in [5, 5.41) is 10.2. The molecule has 2 aromatic carbocycles. The zero-order chi connectivity index (χ0) is 18.9. The topological polar surface area (TPSA) is 66.8 Å². The number of furan rings is 1. The molecule has 1 aliphatic rings. The molecule has 0 bridgehead atoms. The van der Waals surface area contributed by atoms with Crippen LogP contribution < -0.4 is 9.80 Å². The highest BCUT2D eigenvalue weighted by Gasteiger charge is 2.25. The summed E-state index contributed by atoms with van der Waals surface area (Å²) in [4.78, 5) is 13.5. The third-order valence-electron chi connectivity index (χ3n) is 5.47. The maximum atomic E-state index is 9.22. The third kappa shape index (κ3) is 3.00. The summed E-state index contributed by atoms with van der Waals surface area (Å²) >= 11 is 0. The highest BCUT2D eigenvalue weighted by atomic mass is 16.3. The molecule has 0 aliphatic carbocycles. The molecule has 2 N–H and O–H groups in total. The second kappa shape index (κ2) is 7.22. The Morgan fingerprint density at radius 3 is 2.50 bits per heavy atom. The molecule has 0 saturated carbocycles. The molecule has 0 unspecified atom stereocenters. The van der Waals surface area contributed by atoms with Crippen molar-refractivity contribution in [3.8, 4) is 11.4 Å². The number of anilines is 1. The summed E-state index contributed by atoms with van der Waals surface area (Å²) in [5.74, 6) is 1.59. The minimum Gasteiger partial charge on any atom is -0.450 e. The van der Waals surface area contributed by atoms with E-state index in [0.29, 0.717) is 0 Å². The molecule has 1 saturated heterocycles. The number of para-hydroxylation sites is 1. The molecule has 0 atom stereocenters. The summed E-state index contributed by atoms with van der Waals surface area (Å²) in [5.41, 5.74) is 3.46. The van der Waals surface area contributed by atoms with Crippen LogP contribution in [0.5, 0.6) is 0 Å². The quantitative estimate of drug-likeness (QED) is 0.569. The maximum absolute atomic E-state index is 9.22. The van der Waals surface area contributed by atoms with Gasteiger partial charge in [-0.1, -0.05) is 42.5 Å². The Kier molecular flexibility index (Phi) is 4.43. The van der Waals surface area contributed by atoms with Gasteiger partial charge in [0.05, 0.1) is 32.8 Å². The summed E-state index contributed by atoms with van der Waals surface area (Å²) in [6.07, 6.45) is 0. The molecule has 0 radical (unpaired) electrons. The lowest BCUT2D eigenvalue weighted by molar-refractivity contribution is -0.900. The van der Waals surface area contributed by atoms with Gasteiger partial charge in [0.1, 0.15) is 17.6 Å². The van der Waals surface area contributed by atoms with Crippen molar-refractivity contribution >= 4 is 27.9 Å². The number of hydrogen-bond donors (Lipinski definition) is 2. The SMILES string of the molecule is OCC[NH+]1CCN(c2nc(-c3ccccc3)nc3c2oc2ccccc23)CC1. The molecule has 0 amide bonds.